The van der Waals surface area contributed by atoms with Crippen LogP contribution >= 0.6 is 11.6 Å². The van der Waals surface area contributed by atoms with Crippen LogP contribution in [0.1, 0.15) is 6.92 Å². The fourth-order valence-electron chi connectivity index (χ4n) is 1.11. The number of aliphatic hydroxyl groups is 1. The average Bonchev–Trinajstić information content (AvgIpc) is 2.17. The molecule has 4 heteroatoms. The molecule has 1 fully saturated rings. The number of rotatable bonds is 1. The number of hydrogen-bond donors (Lipinski definition) is 2. The average molecular weight is 166 g/mol. The molecule has 4 atom stereocenters. The summed E-state index contributed by atoms with van der Waals surface area (Å²) in [6.45, 7) is 2.16. The van der Waals surface area contributed by atoms with Gasteiger partial charge in [-0.05, 0) is 6.92 Å². The fourth-order valence-corrected chi connectivity index (χ4v) is 1.33. The van der Waals surface area contributed by atoms with E-state index >= 15 is 0 Å². The second-order valence-corrected chi connectivity index (χ2v) is 3.05. The van der Waals surface area contributed by atoms with E-state index in [1.165, 1.54) is 0 Å². The molecule has 0 aromatic rings. The van der Waals surface area contributed by atoms with Crippen LogP contribution in [0, 0.1) is 0 Å². The van der Waals surface area contributed by atoms with Gasteiger partial charge < -0.3 is 15.6 Å². The van der Waals surface area contributed by atoms with Crippen molar-refractivity contribution in [1.82, 2.24) is 0 Å². The maximum Gasteiger partial charge on any atom is 0.100 e. The van der Waals surface area contributed by atoms with E-state index in [2.05, 4.69) is 0 Å². The summed E-state index contributed by atoms with van der Waals surface area (Å²) in [6, 6.07) is 0. The van der Waals surface area contributed by atoms with E-state index < -0.39 is 6.10 Å². The van der Waals surface area contributed by atoms with Gasteiger partial charge in [0, 0.05) is 6.54 Å². The monoisotopic (exact) mass is 165 g/mol. The first-order chi connectivity index (χ1) is 4.66. The molecular formula is C6H12ClNO2. The summed E-state index contributed by atoms with van der Waals surface area (Å²) in [7, 11) is 0. The number of nitrogens with two attached hydrogens (primary N) is 1. The minimum atomic E-state index is -0.610. The molecule has 0 aliphatic carbocycles. The number of ether oxygens (including phenoxy) is 1. The third-order valence-electron chi connectivity index (χ3n) is 1.78. The van der Waals surface area contributed by atoms with Crippen molar-refractivity contribution in [3.63, 3.8) is 0 Å². The minimum Gasteiger partial charge on any atom is -0.389 e. The van der Waals surface area contributed by atoms with E-state index in [9.17, 15) is 5.11 Å². The Labute approximate surface area is 65.1 Å². The lowest BCUT2D eigenvalue weighted by Gasteiger charge is -2.10. The Balaban J connectivity index is 2.53. The van der Waals surface area contributed by atoms with Gasteiger partial charge in [-0.2, -0.15) is 0 Å². The number of aliphatic hydroxyl groups excluding tert-OH is 1. The quantitative estimate of drug-likeness (QED) is 0.525. The van der Waals surface area contributed by atoms with E-state index in [-0.39, 0.29) is 17.6 Å². The van der Waals surface area contributed by atoms with Gasteiger partial charge in [-0.1, -0.05) is 0 Å². The number of alkyl halides is 1. The topological polar surface area (TPSA) is 55.5 Å². The highest BCUT2D eigenvalue weighted by Crippen LogP contribution is 2.24. The van der Waals surface area contributed by atoms with Crippen LogP contribution in [0.25, 0.3) is 0 Å². The van der Waals surface area contributed by atoms with Gasteiger partial charge in [0.05, 0.1) is 17.6 Å². The van der Waals surface area contributed by atoms with Crippen LogP contribution in [0.3, 0.4) is 0 Å². The van der Waals surface area contributed by atoms with Crippen molar-refractivity contribution in [2.45, 2.75) is 30.6 Å². The molecule has 0 amide bonds. The van der Waals surface area contributed by atoms with Crippen molar-refractivity contribution in [1.29, 1.82) is 0 Å². The van der Waals surface area contributed by atoms with Crippen molar-refractivity contribution < 1.29 is 9.84 Å². The van der Waals surface area contributed by atoms with Crippen molar-refractivity contribution >= 4 is 11.6 Å². The standard InChI is InChI=1S/C6H12ClNO2/c1-3-5(7)6(9)4(2-8)10-3/h3-6,9H,2,8H2,1H3/t3-,4+,5+,6+/m0/s1. The molecule has 1 rings (SSSR count). The van der Waals surface area contributed by atoms with Gasteiger partial charge in [0.25, 0.3) is 0 Å². The SMILES string of the molecule is C[C@@H]1O[C@H](CN)[C@@H](O)[C@@H]1Cl. The summed E-state index contributed by atoms with van der Waals surface area (Å²) in [5.41, 5.74) is 5.31. The molecular weight excluding hydrogens is 154 g/mol. The van der Waals surface area contributed by atoms with Crippen LogP contribution < -0.4 is 5.73 Å². The molecule has 1 heterocycles. The second kappa shape index (κ2) is 3.05. The Kier molecular flexibility index (Phi) is 2.52. The summed E-state index contributed by atoms with van der Waals surface area (Å²) >= 11 is 5.76. The highest BCUT2D eigenvalue weighted by atomic mass is 35.5. The van der Waals surface area contributed by atoms with Crippen LogP contribution in [0.2, 0.25) is 0 Å². The van der Waals surface area contributed by atoms with Crippen LogP contribution in [0.15, 0.2) is 0 Å². The number of hydrogen-bond acceptors (Lipinski definition) is 3. The fraction of sp³-hybridized carbons (Fsp3) is 1.00. The highest BCUT2D eigenvalue weighted by Gasteiger charge is 2.38. The molecule has 60 valence electrons. The summed E-state index contributed by atoms with van der Waals surface area (Å²) in [4.78, 5) is 0. The molecule has 3 N–H and O–H groups in total. The maximum absolute atomic E-state index is 9.29. The molecule has 10 heavy (non-hydrogen) atoms. The molecule has 0 radical (unpaired) electrons. The molecule has 1 aliphatic rings. The maximum atomic E-state index is 9.29. The summed E-state index contributed by atoms with van der Waals surface area (Å²) in [5, 5.41) is 8.98. The molecule has 0 unspecified atom stereocenters. The second-order valence-electron chi connectivity index (χ2n) is 2.55. The zero-order chi connectivity index (χ0) is 7.72. The Morgan fingerprint density at radius 2 is 2.30 bits per heavy atom. The van der Waals surface area contributed by atoms with Gasteiger partial charge in [0.2, 0.25) is 0 Å². The molecule has 1 aliphatic heterocycles. The molecule has 0 saturated carbocycles. The molecule has 0 spiro atoms. The third-order valence-corrected chi connectivity index (χ3v) is 2.39. The molecule has 0 bridgehead atoms. The lowest BCUT2D eigenvalue weighted by Crippen LogP contribution is -2.33. The Bertz CT molecular complexity index is 122. The lowest BCUT2D eigenvalue weighted by atomic mass is 10.1. The van der Waals surface area contributed by atoms with Crippen LogP contribution in [-0.2, 0) is 4.74 Å². The molecule has 3 nitrogen and oxygen atoms in total. The first kappa shape index (κ1) is 8.27. The van der Waals surface area contributed by atoms with E-state index in [0.717, 1.165) is 0 Å². The van der Waals surface area contributed by atoms with Crippen molar-refractivity contribution in [2.75, 3.05) is 6.54 Å². The molecule has 0 aromatic heterocycles. The first-order valence-corrected chi connectivity index (χ1v) is 3.78. The van der Waals surface area contributed by atoms with Gasteiger partial charge in [-0.3, -0.25) is 0 Å². The highest BCUT2D eigenvalue weighted by molar-refractivity contribution is 6.21. The van der Waals surface area contributed by atoms with E-state index in [0.29, 0.717) is 6.54 Å². The third kappa shape index (κ3) is 1.27. The molecule has 1 saturated heterocycles. The predicted octanol–water partition coefficient (Wildman–Crippen LogP) is -0.299. The number of halogens is 1. The lowest BCUT2D eigenvalue weighted by molar-refractivity contribution is 0.0224. The predicted molar refractivity (Wildman–Crippen MR) is 39.0 cm³/mol. The van der Waals surface area contributed by atoms with Gasteiger partial charge in [-0.25, -0.2) is 0 Å². The van der Waals surface area contributed by atoms with Gasteiger partial charge in [0.15, 0.2) is 0 Å². The van der Waals surface area contributed by atoms with E-state index in [1.54, 1.807) is 0 Å². The Morgan fingerprint density at radius 1 is 1.70 bits per heavy atom. The van der Waals surface area contributed by atoms with Crippen molar-refractivity contribution in [3.05, 3.63) is 0 Å². The summed E-state index contributed by atoms with van der Waals surface area (Å²) < 4.78 is 5.23. The summed E-state index contributed by atoms with van der Waals surface area (Å²) in [5.74, 6) is 0. The zero-order valence-corrected chi connectivity index (χ0v) is 6.58. The van der Waals surface area contributed by atoms with Crippen LogP contribution in [0.5, 0.6) is 0 Å². The van der Waals surface area contributed by atoms with E-state index in [1.807, 2.05) is 6.92 Å². The van der Waals surface area contributed by atoms with Crippen molar-refractivity contribution in [3.8, 4) is 0 Å². The van der Waals surface area contributed by atoms with Gasteiger partial charge >= 0.3 is 0 Å². The Hall–Kier alpha value is 0.170. The van der Waals surface area contributed by atoms with Crippen LogP contribution in [-0.4, -0.2) is 35.3 Å². The van der Waals surface area contributed by atoms with Gasteiger partial charge in [0.1, 0.15) is 6.10 Å². The normalized spacial score (nSPS) is 48.0. The Morgan fingerprint density at radius 3 is 2.50 bits per heavy atom. The van der Waals surface area contributed by atoms with Crippen molar-refractivity contribution in [2.24, 2.45) is 5.73 Å². The van der Waals surface area contributed by atoms with E-state index in [4.69, 9.17) is 22.1 Å². The zero-order valence-electron chi connectivity index (χ0n) is 5.83. The minimum absolute atomic E-state index is 0.0924. The molecule has 0 aromatic carbocycles. The summed E-state index contributed by atoms with van der Waals surface area (Å²) in [6.07, 6.45) is -0.982. The largest absolute Gasteiger partial charge is 0.389 e. The first-order valence-electron chi connectivity index (χ1n) is 3.34. The van der Waals surface area contributed by atoms with Gasteiger partial charge in [-0.15, -0.1) is 11.6 Å². The smallest absolute Gasteiger partial charge is 0.100 e. The van der Waals surface area contributed by atoms with Crippen LogP contribution in [0.4, 0.5) is 0 Å².